The monoisotopic (exact) mass is 465 g/mol. The zero-order valence-corrected chi connectivity index (χ0v) is 18.9. The van der Waals surface area contributed by atoms with Crippen molar-refractivity contribution in [3.63, 3.8) is 0 Å². The van der Waals surface area contributed by atoms with Crippen LogP contribution in [0.5, 0.6) is 0 Å². The van der Waals surface area contributed by atoms with E-state index in [1.54, 1.807) is 6.07 Å². The number of benzene rings is 2. The van der Waals surface area contributed by atoms with Gasteiger partial charge in [-0.2, -0.15) is 13.2 Å². The SMILES string of the molecule is OCCCCN1CCNCC1CCCN1c2ccccc2Sc2ccc(C(F)(F)F)cc21. The van der Waals surface area contributed by atoms with Gasteiger partial charge in [-0.15, -0.1) is 0 Å². The van der Waals surface area contributed by atoms with E-state index in [0.717, 1.165) is 67.3 Å². The predicted octanol–water partition coefficient (Wildman–Crippen LogP) is 5.13. The number of unbranched alkanes of at least 4 members (excludes halogenated alkanes) is 1. The number of aliphatic hydroxyl groups is 1. The summed E-state index contributed by atoms with van der Waals surface area (Å²) in [7, 11) is 0. The van der Waals surface area contributed by atoms with Gasteiger partial charge in [0.15, 0.2) is 0 Å². The van der Waals surface area contributed by atoms with E-state index in [1.807, 2.05) is 24.3 Å². The van der Waals surface area contributed by atoms with Crippen LogP contribution >= 0.6 is 11.8 Å². The van der Waals surface area contributed by atoms with Crippen molar-refractivity contribution in [1.29, 1.82) is 0 Å². The quantitative estimate of drug-likeness (QED) is 0.529. The number of fused-ring (bicyclic) bond motifs is 2. The number of alkyl halides is 3. The van der Waals surface area contributed by atoms with Crippen molar-refractivity contribution in [2.24, 2.45) is 0 Å². The molecule has 1 fully saturated rings. The van der Waals surface area contributed by atoms with E-state index in [2.05, 4.69) is 15.1 Å². The number of rotatable bonds is 8. The van der Waals surface area contributed by atoms with Crippen molar-refractivity contribution in [1.82, 2.24) is 10.2 Å². The highest BCUT2D eigenvalue weighted by Gasteiger charge is 2.33. The van der Waals surface area contributed by atoms with Crippen LogP contribution in [0, 0.1) is 0 Å². The van der Waals surface area contributed by atoms with Gasteiger partial charge in [-0.3, -0.25) is 4.90 Å². The van der Waals surface area contributed by atoms with Gasteiger partial charge in [-0.1, -0.05) is 23.9 Å². The molecule has 4 rings (SSSR count). The highest BCUT2D eigenvalue weighted by atomic mass is 32.2. The van der Waals surface area contributed by atoms with Gasteiger partial charge in [-0.05, 0) is 62.6 Å². The van der Waals surface area contributed by atoms with Crippen molar-refractivity contribution in [3.05, 3.63) is 48.0 Å². The van der Waals surface area contributed by atoms with Gasteiger partial charge in [0, 0.05) is 48.6 Å². The second kappa shape index (κ2) is 10.5. The highest BCUT2D eigenvalue weighted by molar-refractivity contribution is 7.99. The van der Waals surface area contributed by atoms with E-state index in [-0.39, 0.29) is 6.61 Å². The summed E-state index contributed by atoms with van der Waals surface area (Å²) >= 11 is 1.53. The van der Waals surface area contributed by atoms with Gasteiger partial charge in [0.05, 0.1) is 16.9 Å². The lowest BCUT2D eigenvalue weighted by molar-refractivity contribution is -0.137. The van der Waals surface area contributed by atoms with Crippen molar-refractivity contribution >= 4 is 23.1 Å². The van der Waals surface area contributed by atoms with Gasteiger partial charge in [0.25, 0.3) is 0 Å². The lowest BCUT2D eigenvalue weighted by Gasteiger charge is -2.37. The minimum Gasteiger partial charge on any atom is -0.396 e. The lowest BCUT2D eigenvalue weighted by atomic mass is 10.1. The molecule has 8 heteroatoms. The first-order valence-electron chi connectivity index (χ1n) is 11.3. The highest BCUT2D eigenvalue weighted by Crippen LogP contribution is 2.49. The standard InChI is InChI=1S/C24H30F3N3OS/c25-24(26,27)18-9-10-23-21(16-18)30(20-7-1-2-8-22(20)32-23)13-5-6-19-17-28-11-14-29(19)12-3-4-15-31/h1-2,7-10,16,19,28,31H,3-6,11-15,17H2. The average Bonchev–Trinajstić information content (AvgIpc) is 2.79. The smallest absolute Gasteiger partial charge is 0.396 e. The molecule has 2 heterocycles. The zero-order chi connectivity index (χ0) is 22.6. The number of nitrogens with one attached hydrogen (secondary N) is 1. The molecule has 0 spiro atoms. The van der Waals surface area contributed by atoms with E-state index in [1.165, 1.54) is 23.9 Å². The van der Waals surface area contributed by atoms with Crippen molar-refractivity contribution in [2.45, 2.75) is 47.7 Å². The third-order valence-corrected chi connectivity index (χ3v) is 7.33. The summed E-state index contributed by atoms with van der Waals surface area (Å²) in [5, 5.41) is 12.5. The lowest BCUT2D eigenvalue weighted by Crippen LogP contribution is -2.51. The van der Waals surface area contributed by atoms with E-state index in [0.29, 0.717) is 18.3 Å². The Hall–Kier alpha value is -1.74. The maximum Gasteiger partial charge on any atom is 0.416 e. The number of nitrogens with zero attached hydrogens (tertiary/aromatic N) is 2. The van der Waals surface area contributed by atoms with Crippen LogP contribution < -0.4 is 10.2 Å². The first kappa shape index (κ1) is 23.4. The Bertz CT molecular complexity index is 908. The Balaban J connectivity index is 1.49. The number of piperazine rings is 1. The van der Waals surface area contributed by atoms with Gasteiger partial charge in [-0.25, -0.2) is 0 Å². The maximum absolute atomic E-state index is 13.4. The van der Waals surface area contributed by atoms with Crippen LogP contribution in [0.25, 0.3) is 0 Å². The minimum atomic E-state index is -4.36. The largest absolute Gasteiger partial charge is 0.416 e. The van der Waals surface area contributed by atoms with Gasteiger partial charge in [0.2, 0.25) is 0 Å². The fourth-order valence-electron chi connectivity index (χ4n) is 4.54. The van der Waals surface area contributed by atoms with Gasteiger partial charge >= 0.3 is 6.18 Å². The Morgan fingerprint density at radius 1 is 1.00 bits per heavy atom. The number of hydrogen-bond donors (Lipinski definition) is 2. The number of hydrogen-bond acceptors (Lipinski definition) is 5. The first-order chi connectivity index (χ1) is 15.5. The molecule has 2 aliphatic heterocycles. The number of halogens is 3. The Morgan fingerprint density at radius 2 is 1.81 bits per heavy atom. The molecule has 0 bridgehead atoms. The van der Waals surface area contributed by atoms with E-state index in [4.69, 9.17) is 5.11 Å². The van der Waals surface area contributed by atoms with Crippen LogP contribution in [0.15, 0.2) is 52.3 Å². The van der Waals surface area contributed by atoms with E-state index < -0.39 is 11.7 Å². The topological polar surface area (TPSA) is 38.7 Å². The Labute approximate surface area is 191 Å². The van der Waals surface area contributed by atoms with Crippen molar-refractivity contribution < 1.29 is 18.3 Å². The third-order valence-electron chi connectivity index (χ3n) is 6.20. The van der Waals surface area contributed by atoms with E-state index in [9.17, 15) is 13.2 Å². The summed E-state index contributed by atoms with van der Waals surface area (Å²) < 4.78 is 40.2. The van der Waals surface area contributed by atoms with Crippen LogP contribution in [-0.4, -0.2) is 55.4 Å². The fraction of sp³-hybridized carbons (Fsp3) is 0.500. The normalized spacial score (nSPS) is 19.0. The molecule has 2 aromatic carbocycles. The molecule has 0 radical (unpaired) electrons. The number of para-hydroxylation sites is 1. The second-order valence-corrected chi connectivity index (χ2v) is 9.45. The summed E-state index contributed by atoms with van der Waals surface area (Å²) in [5.74, 6) is 0. The number of aliphatic hydroxyl groups excluding tert-OH is 1. The summed E-state index contributed by atoms with van der Waals surface area (Å²) in [6.07, 6.45) is -0.691. The molecular weight excluding hydrogens is 435 g/mol. The van der Waals surface area contributed by atoms with Crippen LogP contribution in [0.3, 0.4) is 0 Å². The van der Waals surface area contributed by atoms with Gasteiger partial charge < -0.3 is 15.3 Å². The molecule has 0 aliphatic carbocycles. The summed E-state index contributed by atoms with van der Waals surface area (Å²) in [4.78, 5) is 6.48. The second-order valence-electron chi connectivity index (χ2n) is 8.37. The predicted molar refractivity (Wildman–Crippen MR) is 123 cm³/mol. The van der Waals surface area contributed by atoms with Crippen LogP contribution in [0.4, 0.5) is 24.5 Å². The molecule has 0 amide bonds. The summed E-state index contributed by atoms with van der Waals surface area (Å²) in [6.45, 7) is 4.78. The summed E-state index contributed by atoms with van der Waals surface area (Å²) in [5.41, 5.74) is 1.02. The Kier molecular flexibility index (Phi) is 7.66. The molecule has 1 atom stereocenters. The fourth-order valence-corrected chi connectivity index (χ4v) is 5.62. The molecule has 2 N–H and O–H groups in total. The molecule has 1 saturated heterocycles. The molecule has 2 aromatic rings. The van der Waals surface area contributed by atoms with Crippen molar-refractivity contribution in [3.8, 4) is 0 Å². The Morgan fingerprint density at radius 3 is 2.62 bits per heavy atom. The minimum absolute atomic E-state index is 0.225. The van der Waals surface area contributed by atoms with Crippen molar-refractivity contribution in [2.75, 3.05) is 44.2 Å². The van der Waals surface area contributed by atoms with Crippen LogP contribution in [-0.2, 0) is 6.18 Å². The molecule has 4 nitrogen and oxygen atoms in total. The molecular formula is C24H30F3N3OS. The van der Waals surface area contributed by atoms with Gasteiger partial charge in [0.1, 0.15) is 0 Å². The van der Waals surface area contributed by atoms with Crippen LogP contribution in [0.1, 0.15) is 31.2 Å². The third kappa shape index (κ3) is 5.42. The summed E-state index contributed by atoms with van der Waals surface area (Å²) in [6, 6.07) is 12.4. The number of anilines is 2. The molecule has 0 aromatic heterocycles. The molecule has 32 heavy (non-hydrogen) atoms. The zero-order valence-electron chi connectivity index (χ0n) is 18.1. The molecule has 0 saturated carbocycles. The van der Waals surface area contributed by atoms with E-state index >= 15 is 0 Å². The molecule has 2 aliphatic rings. The molecule has 1 unspecified atom stereocenters. The average molecular weight is 466 g/mol. The van der Waals surface area contributed by atoms with Crippen LogP contribution in [0.2, 0.25) is 0 Å². The first-order valence-corrected chi connectivity index (χ1v) is 12.1. The maximum atomic E-state index is 13.4. The molecule has 174 valence electrons.